The largest absolute Gasteiger partial charge is 0.496 e. The predicted molar refractivity (Wildman–Crippen MR) is 81.8 cm³/mol. The second kappa shape index (κ2) is 7.90. The molecule has 4 heteroatoms. The van der Waals surface area contributed by atoms with Crippen molar-refractivity contribution in [1.82, 2.24) is 5.32 Å². The fraction of sp³-hybridized carbons (Fsp3) is 0.562. The number of rotatable bonds is 8. The summed E-state index contributed by atoms with van der Waals surface area (Å²) in [5, 5.41) is 3.08. The van der Waals surface area contributed by atoms with Gasteiger partial charge in [-0.2, -0.15) is 0 Å². The van der Waals surface area contributed by atoms with Crippen molar-refractivity contribution in [3.8, 4) is 5.75 Å². The van der Waals surface area contributed by atoms with Gasteiger partial charge in [-0.15, -0.1) is 0 Å². The number of ether oxygens (including phenoxy) is 1. The Hall–Kier alpha value is -1.55. The first-order valence-corrected chi connectivity index (χ1v) is 7.23. The first-order chi connectivity index (χ1) is 9.60. The number of methoxy groups -OCH3 is 1. The van der Waals surface area contributed by atoms with Gasteiger partial charge in [0.05, 0.1) is 12.6 Å². The zero-order valence-electron chi connectivity index (χ0n) is 12.7. The second-order valence-electron chi connectivity index (χ2n) is 5.05. The van der Waals surface area contributed by atoms with Gasteiger partial charge in [-0.3, -0.25) is 4.79 Å². The average Bonchev–Trinajstić information content (AvgIpc) is 2.51. The molecule has 0 aromatic heterocycles. The smallest absolute Gasteiger partial charge is 0.220 e. The van der Waals surface area contributed by atoms with Gasteiger partial charge in [0.1, 0.15) is 5.75 Å². The average molecular weight is 278 g/mol. The van der Waals surface area contributed by atoms with Crippen LogP contribution in [0.5, 0.6) is 5.75 Å². The van der Waals surface area contributed by atoms with Crippen molar-refractivity contribution in [2.45, 2.75) is 45.1 Å². The molecule has 0 bridgehead atoms. The highest BCUT2D eigenvalue weighted by molar-refractivity contribution is 5.77. The molecule has 0 aliphatic rings. The van der Waals surface area contributed by atoms with Gasteiger partial charge in [0, 0.05) is 13.0 Å². The summed E-state index contributed by atoms with van der Waals surface area (Å²) in [4.78, 5) is 12.1. The molecule has 0 aliphatic heterocycles. The minimum absolute atomic E-state index is 0.0463. The van der Waals surface area contributed by atoms with E-state index in [0.29, 0.717) is 19.4 Å². The van der Waals surface area contributed by atoms with Crippen LogP contribution in [0.25, 0.3) is 0 Å². The van der Waals surface area contributed by atoms with Crippen molar-refractivity contribution >= 4 is 5.91 Å². The number of aryl methyl sites for hydroxylation is 1. The Morgan fingerprint density at radius 1 is 1.30 bits per heavy atom. The van der Waals surface area contributed by atoms with Crippen molar-refractivity contribution in [2.24, 2.45) is 5.73 Å². The summed E-state index contributed by atoms with van der Waals surface area (Å²) < 4.78 is 5.29. The molecule has 0 fully saturated rings. The van der Waals surface area contributed by atoms with E-state index in [4.69, 9.17) is 10.5 Å². The van der Waals surface area contributed by atoms with Crippen LogP contribution in [0.4, 0.5) is 0 Å². The molecule has 112 valence electrons. The van der Waals surface area contributed by atoms with Gasteiger partial charge in [0.15, 0.2) is 0 Å². The first-order valence-electron chi connectivity index (χ1n) is 7.23. The van der Waals surface area contributed by atoms with E-state index in [-0.39, 0.29) is 11.4 Å². The van der Waals surface area contributed by atoms with E-state index in [9.17, 15) is 4.79 Å². The van der Waals surface area contributed by atoms with Crippen LogP contribution in [0, 0.1) is 0 Å². The lowest BCUT2D eigenvalue weighted by molar-refractivity contribution is -0.123. The minimum Gasteiger partial charge on any atom is -0.496 e. The molecule has 0 saturated heterocycles. The molecule has 1 aromatic rings. The number of nitrogens with one attached hydrogen (secondary N) is 1. The molecule has 3 N–H and O–H groups in total. The number of para-hydroxylation sites is 1. The van der Waals surface area contributed by atoms with Crippen LogP contribution in [0.3, 0.4) is 0 Å². The maximum Gasteiger partial charge on any atom is 0.220 e. The summed E-state index contributed by atoms with van der Waals surface area (Å²) in [7, 11) is 1.65. The number of hydrogen-bond donors (Lipinski definition) is 2. The molecule has 0 saturated carbocycles. The van der Waals surface area contributed by atoms with Crippen molar-refractivity contribution in [3.63, 3.8) is 0 Å². The monoisotopic (exact) mass is 278 g/mol. The highest BCUT2D eigenvalue weighted by Gasteiger charge is 2.25. The van der Waals surface area contributed by atoms with Gasteiger partial charge in [0.2, 0.25) is 5.91 Å². The molecule has 1 amide bonds. The Kier molecular flexibility index (Phi) is 6.52. The zero-order valence-corrected chi connectivity index (χ0v) is 12.7. The van der Waals surface area contributed by atoms with Crippen molar-refractivity contribution < 1.29 is 9.53 Å². The van der Waals surface area contributed by atoms with E-state index in [2.05, 4.69) is 19.2 Å². The highest BCUT2D eigenvalue weighted by Crippen LogP contribution is 2.19. The third kappa shape index (κ3) is 4.23. The highest BCUT2D eigenvalue weighted by atomic mass is 16.5. The fourth-order valence-corrected chi connectivity index (χ4v) is 2.28. The van der Waals surface area contributed by atoms with E-state index in [1.54, 1.807) is 7.11 Å². The summed E-state index contributed by atoms with van der Waals surface area (Å²) in [5.74, 6) is 0.876. The van der Waals surface area contributed by atoms with E-state index >= 15 is 0 Å². The number of hydrogen-bond acceptors (Lipinski definition) is 3. The number of amides is 1. The van der Waals surface area contributed by atoms with Crippen LogP contribution in [-0.4, -0.2) is 25.1 Å². The summed E-state index contributed by atoms with van der Waals surface area (Å²) in [6, 6.07) is 7.78. The van der Waals surface area contributed by atoms with Crippen LogP contribution in [0.15, 0.2) is 24.3 Å². The first kappa shape index (κ1) is 16.5. The standard InChI is InChI=1S/C16H26N2O2/c1-4-16(5-2,12-17)18-15(19)11-10-13-8-6-7-9-14(13)20-3/h6-9H,4-5,10-12,17H2,1-3H3,(H,18,19). The Morgan fingerprint density at radius 3 is 2.50 bits per heavy atom. The van der Waals surface area contributed by atoms with Gasteiger partial charge in [-0.05, 0) is 30.9 Å². The Labute approximate surface area is 121 Å². The SMILES string of the molecule is CCC(CC)(CN)NC(=O)CCc1ccccc1OC. The summed E-state index contributed by atoms with van der Waals surface area (Å²) in [6.45, 7) is 4.58. The van der Waals surface area contributed by atoms with Crippen LogP contribution in [0.1, 0.15) is 38.7 Å². The van der Waals surface area contributed by atoms with Crippen molar-refractivity contribution in [3.05, 3.63) is 29.8 Å². The summed E-state index contributed by atoms with van der Waals surface area (Å²) >= 11 is 0. The summed E-state index contributed by atoms with van der Waals surface area (Å²) in [6.07, 6.45) is 2.81. The van der Waals surface area contributed by atoms with Crippen LogP contribution in [-0.2, 0) is 11.2 Å². The normalized spacial score (nSPS) is 11.2. The molecule has 1 rings (SSSR count). The molecule has 1 aromatic carbocycles. The maximum atomic E-state index is 12.1. The fourth-order valence-electron chi connectivity index (χ4n) is 2.28. The molecule has 0 radical (unpaired) electrons. The third-order valence-corrected chi connectivity index (χ3v) is 3.96. The molecule has 4 nitrogen and oxygen atoms in total. The summed E-state index contributed by atoms with van der Waals surface area (Å²) in [5.41, 5.74) is 6.58. The third-order valence-electron chi connectivity index (χ3n) is 3.96. The topological polar surface area (TPSA) is 64.3 Å². The van der Waals surface area contributed by atoms with Gasteiger partial charge < -0.3 is 15.8 Å². The number of nitrogens with two attached hydrogens (primary N) is 1. The molecule has 0 unspecified atom stereocenters. The molecule has 0 heterocycles. The van der Waals surface area contributed by atoms with Crippen molar-refractivity contribution in [2.75, 3.05) is 13.7 Å². The second-order valence-corrected chi connectivity index (χ2v) is 5.05. The number of carbonyl (C=O) groups excluding carboxylic acids is 1. The van der Waals surface area contributed by atoms with Crippen LogP contribution >= 0.6 is 0 Å². The van der Waals surface area contributed by atoms with Gasteiger partial charge in [-0.25, -0.2) is 0 Å². The minimum atomic E-state index is -0.266. The maximum absolute atomic E-state index is 12.1. The lowest BCUT2D eigenvalue weighted by Gasteiger charge is -2.31. The molecule has 20 heavy (non-hydrogen) atoms. The van der Waals surface area contributed by atoms with Crippen LogP contribution in [0.2, 0.25) is 0 Å². The number of benzene rings is 1. The molecule has 0 aliphatic carbocycles. The lowest BCUT2D eigenvalue weighted by atomic mass is 9.92. The van der Waals surface area contributed by atoms with E-state index in [1.165, 1.54) is 0 Å². The predicted octanol–water partition coefficient (Wildman–Crippen LogP) is 2.26. The Morgan fingerprint density at radius 2 is 1.95 bits per heavy atom. The van der Waals surface area contributed by atoms with Gasteiger partial charge in [0.25, 0.3) is 0 Å². The van der Waals surface area contributed by atoms with Gasteiger partial charge >= 0.3 is 0 Å². The van der Waals surface area contributed by atoms with E-state index in [0.717, 1.165) is 24.2 Å². The van der Waals surface area contributed by atoms with Gasteiger partial charge in [-0.1, -0.05) is 32.0 Å². The Balaban J connectivity index is 2.59. The molecular weight excluding hydrogens is 252 g/mol. The van der Waals surface area contributed by atoms with Crippen molar-refractivity contribution in [1.29, 1.82) is 0 Å². The van der Waals surface area contributed by atoms with Crippen LogP contribution < -0.4 is 15.8 Å². The lowest BCUT2D eigenvalue weighted by Crippen LogP contribution is -2.52. The molecule has 0 atom stereocenters. The number of carbonyl (C=O) groups is 1. The van der Waals surface area contributed by atoms with E-state index in [1.807, 2.05) is 24.3 Å². The van der Waals surface area contributed by atoms with E-state index < -0.39 is 0 Å². The Bertz CT molecular complexity index is 420. The zero-order chi connectivity index (χ0) is 15.0. The molecular formula is C16H26N2O2. The molecule has 0 spiro atoms. The quantitative estimate of drug-likeness (QED) is 0.766.